The number of methoxy groups -OCH3 is 1. The average Bonchev–Trinajstić information content (AvgIpc) is 3.05. The minimum atomic E-state index is -4.66. The van der Waals surface area contributed by atoms with Crippen molar-refractivity contribution in [1.29, 1.82) is 0 Å². The van der Waals surface area contributed by atoms with E-state index in [-0.39, 0.29) is 12.8 Å². The molecular weight excluding hydrogens is 355 g/mol. The van der Waals surface area contributed by atoms with Gasteiger partial charge in [-0.05, 0) is 24.1 Å². The lowest BCUT2D eigenvalue weighted by Crippen LogP contribution is -2.34. The fraction of sp³-hybridized carbons (Fsp3) is 0.471. The number of ether oxygens (including phenoxy) is 1. The van der Waals surface area contributed by atoms with Gasteiger partial charge in [0.1, 0.15) is 0 Å². The molecule has 1 aromatic rings. The number of aryl methyl sites for hydroxylation is 1. The number of carboxylic acid groups (broad SMARTS) is 1. The molecule has 1 N–H and O–H groups in total. The van der Waals surface area contributed by atoms with Gasteiger partial charge in [-0.1, -0.05) is 12.1 Å². The summed E-state index contributed by atoms with van der Waals surface area (Å²) in [5.74, 6) is -6.27. The zero-order valence-corrected chi connectivity index (χ0v) is 14.0. The van der Waals surface area contributed by atoms with E-state index in [0.717, 1.165) is 10.5 Å². The van der Waals surface area contributed by atoms with E-state index < -0.39 is 48.9 Å². The van der Waals surface area contributed by atoms with E-state index in [1.165, 1.54) is 19.2 Å². The van der Waals surface area contributed by atoms with Gasteiger partial charge in [0.25, 0.3) is 0 Å². The Morgan fingerprint density at radius 3 is 2.27 bits per heavy atom. The molecule has 0 saturated carbocycles. The lowest BCUT2D eigenvalue weighted by Gasteiger charge is -2.18. The SMILES string of the molecule is COC(=O)c1ccc(CCC(=O)N2C[C@@H](C(F)(F)F)[C@H](C(=O)O)C2)cc1. The molecular formula is C17H18F3NO5. The van der Waals surface area contributed by atoms with Crippen molar-refractivity contribution in [3.63, 3.8) is 0 Å². The normalized spacial score (nSPS) is 20.1. The van der Waals surface area contributed by atoms with Crippen LogP contribution in [-0.2, 0) is 20.7 Å². The van der Waals surface area contributed by atoms with Crippen molar-refractivity contribution >= 4 is 17.8 Å². The van der Waals surface area contributed by atoms with Crippen LogP contribution in [0.4, 0.5) is 13.2 Å². The Balaban J connectivity index is 1.96. The Bertz CT molecular complexity index is 687. The minimum absolute atomic E-state index is 0.0471. The zero-order chi connectivity index (χ0) is 19.5. The molecule has 0 aromatic heterocycles. The van der Waals surface area contributed by atoms with Crippen LogP contribution in [0.5, 0.6) is 0 Å². The number of amides is 1. The van der Waals surface area contributed by atoms with E-state index in [0.29, 0.717) is 5.56 Å². The molecule has 1 saturated heterocycles. The first-order valence-electron chi connectivity index (χ1n) is 7.88. The monoisotopic (exact) mass is 373 g/mol. The van der Waals surface area contributed by atoms with Crippen molar-refractivity contribution in [2.75, 3.05) is 20.2 Å². The molecule has 9 heteroatoms. The first kappa shape index (κ1) is 19.7. The van der Waals surface area contributed by atoms with Crippen molar-refractivity contribution in [1.82, 2.24) is 4.90 Å². The standard InChI is InChI=1S/C17H18F3NO5/c1-26-16(25)11-5-2-10(3-6-11)4-7-14(22)21-8-12(15(23)24)13(9-21)17(18,19)20/h2-3,5-6,12-13H,4,7-9H2,1H3,(H,23,24)/t12-,13-/m1/s1. The highest BCUT2D eigenvalue weighted by molar-refractivity contribution is 5.89. The summed E-state index contributed by atoms with van der Waals surface area (Å²) < 4.78 is 43.4. The summed E-state index contributed by atoms with van der Waals surface area (Å²) in [6.07, 6.45) is -4.44. The molecule has 2 atom stereocenters. The Morgan fingerprint density at radius 2 is 1.81 bits per heavy atom. The number of hydrogen-bond acceptors (Lipinski definition) is 4. The van der Waals surface area contributed by atoms with Gasteiger partial charge in [-0.15, -0.1) is 0 Å². The molecule has 1 aliphatic rings. The average molecular weight is 373 g/mol. The van der Waals surface area contributed by atoms with Crippen molar-refractivity contribution in [2.45, 2.75) is 19.0 Å². The summed E-state index contributed by atoms with van der Waals surface area (Å²) in [4.78, 5) is 35.5. The van der Waals surface area contributed by atoms with E-state index in [1.54, 1.807) is 12.1 Å². The Hall–Kier alpha value is -2.58. The number of likely N-dealkylation sites (tertiary alicyclic amines) is 1. The molecule has 1 heterocycles. The largest absolute Gasteiger partial charge is 0.481 e. The molecule has 26 heavy (non-hydrogen) atoms. The second-order valence-corrected chi connectivity index (χ2v) is 6.08. The van der Waals surface area contributed by atoms with Crippen molar-refractivity contribution < 1.29 is 37.4 Å². The van der Waals surface area contributed by atoms with Gasteiger partial charge in [0.15, 0.2) is 0 Å². The highest BCUT2D eigenvalue weighted by atomic mass is 19.4. The fourth-order valence-electron chi connectivity index (χ4n) is 2.92. The smallest absolute Gasteiger partial charge is 0.394 e. The quantitative estimate of drug-likeness (QED) is 0.800. The Kier molecular flexibility index (Phi) is 5.89. The Morgan fingerprint density at radius 1 is 1.19 bits per heavy atom. The summed E-state index contributed by atoms with van der Waals surface area (Å²) in [6, 6.07) is 6.31. The maximum Gasteiger partial charge on any atom is 0.394 e. The third-order valence-electron chi connectivity index (χ3n) is 4.41. The zero-order valence-electron chi connectivity index (χ0n) is 14.0. The number of carboxylic acids is 1. The van der Waals surface area contributed by atoms with Crippen molar-refractivity contribution in [3.05, 3.63) is 35.4 Å². The van der Waals surface area contributed by atoms with Crippen LogP contribution in [-0.4, -0.2) is 54.2 Å². The van der Waals surface area contributed by atoms with Gasteiger partial charge < -0.3 is 14.7 Å². The summed E-state index contributed by atoms with van der Waals surface area (Å²) in [5, 5.41) is 8.97. The third-order valence-corrected chi connectivity index (χ3v) is 4.41. The Labute approximate surface area is 147 Å². The van der Waals surface area contributed by atoms with E-state index in [2.05, 4.69) is 4.74 Å². The number of alkyl halides is 3. The summed E-state index contributed by atoms with van der Waals surface area (Å²) in [6.45, 7) is -1.08. The fourth-order valence-corrected chi connectivity index (χ4v) is 2.92. The number of carbonyl (C=O) groups excluding carboxylic acids is 2. The molecule has 1 aromatic carbocycles. The molecule has 0 unspecified atom stereocenters. The maximum absolute atomic E-state index is 13.0. The van der Waals surface area contributed by atoms with Crippen LogP contribution < -0.4 is 0 Å². The van der Waals surface area contributed by atoms with Gasteiger partial charge in [-0.25, -0.2) is 4.79 Å². The second-order valence-electron chi connectivity index (χ2n) is 6.08. The molecule has 1 amide bonds. The highest BCUT2D eigenvalue weighted by Gasteiger charge is 2.53. The van der Waals surface area contributed by atoms with Gasteiger partial charge in [0.05, 0.1) is 24.5 Å². The van der Waals surface area contributed by atoms with Crippen LogP contribution in [0.15, 0.2) is 24.3 Å². The topological polar surface area (TPSA) is 83.9 Å². The summed E-state index contributed by atoms with van der Waals surface area (Å²) >= 11 is 0. The van der Waals surface area contributed by atoms with Crippen molar-refractivity contribution in [2.24, 2.45) is 11.8 Å². The van der Waals surface area contributed by atoms with Gasteiger partial charge in [0, 0.05) is 19.5 Å². The van der Waals surface area contributed by atoms with E-state index in [4.69, 9.17) is 5.11 Å². The summed E-state index contributed by atoms with van der Waals surface area (Å²) in [5.41, 5.74) is 1.08. The van der Waals surface area contributed by atoms with Gasteiger partial charge in [-0.2, -0.15) is 13.2 Å². The number of halogens is 3. The molecule has 0 spiro atoms. The highest BCUT2D eigenvalue weighted by Crippen LogP contribution is 2.37. The van der Waals surface area contributed by atoms with Crippen LogP contribution in [0, 0.1) is 11.8 Å². The molecule has 2 rings (SSSR count). The van der Waals surface area contributed by atoms with Crippen LogP contribution in [0.1, 0.15) is 22.3 Å². The first-order valence-corrected chi connectivity index (χ1v) is 7.88. The van der Waals surface area contributed by atoms with Gasteiger partial charge >= 0.3 is 18.1 Å². The molecule has 1 aliphatic heterocycles. The molecule has 0 aliphatic carbocycles. The second kappa shape index (κ2) is 7.76. The van der Waals surface area contributed by atoms with Gasteiger partial charge in [0.2, 0.25) is 5.91 Å². The minimum Gasteiger partial charge on any atom is -0.481 e. The predicted molar refractivity (Wildman–Crippen MR) is 83.4 cm³/mol. The molecule has 6 nitrogen and oxygen atoms in total. The predicted octanol–water partition coefficient (Wildman–Crippen LogP) is 2.13. The van der Waals surface area contributed by atoms with Crippen LogP contribution in [0.25, 0.3) is 0 Å². The lowest BCUT2D eigenvalue weighted by molar-refractivity contribution is -0.188. The van der Waals surface area contributed by atoms with Gasteiger partial charge in [-0.3, -0.25) is 9.59 Å². The number of hydrogen-bond donors (Lipinski definition) is 1. The molecule has 1 fully saturated rings. The molecule has 0 bridgehead atoms. The lowest BCUT2D eigenvalue weighted by atomic mass is 9.96. The number of esters is 1. The number of carbonyl (C=O) groups is 3. The first-order chi connectivity index (χ1) is 12.1. The number of aliphatic carboxylic acids is 1. The van der Waals surface area contributed by atoms with Crippen LogP contribution in [0.3, 0.4) is 0 Å². The molecule has 0 radical (unpaired) electrons. The van der Waals surface area contributed by atoms with Crippen LogP contribution in [0.2, 0.25) is 0 Å². The number of benzene rings is 1. The van der Waals surface area contributed by atoms with E-state index in [1.807, 2.05) is 0 Å². The molecule has 142 valence electrons. The third kappa shape index (κ3) is 4.53. The number of rotatable bonds is 5. The van der Waals surface area contributed by atoms with Crippen molar-refractivity contribution in [3.8, 4) is 0 Å². The number of nitrogens with zero attached hydrogens (tertiary/aromatic N) is 1. The maximum atomic E-state index is 13.0. The summed E-state index contributed by atoms with van der Waals surface area (Å²) in [7, 11) is 1.25. The van der Waals surface area contributed by atoms with Crippen LogP contribution >= 0.6 is 0 Å². The van der Waals surface area contributed by atoms with E-state index in [9.17, 15) is 27.6 Å². The van der Waals surface area contributed by atoms with E-state index >= 15 is 0 Å².